The minimum Gasteiger partial charge on any atom is -0.298 e. The number of rotatable bonds is 1. The molecular weight excluding hydrogens is 208 g/mol. The Morgan fingerprint density at radius 2 is 1.06 bits per heavy atom. The first kappa shape index (κ1) is 14.5. The molecule has 0 unspecified atom stereocenters. The van der Waals surface area contributed by atoms with E-state index in [-0.39, 0.29) is 22.2 Å². The number of Topliss-reactive ketones (excluding diaryl/α,β-unsaturated/α-hetero) is 1. The van der Waals surface area contributed by atoms with Crippen molar-refractivity contribution in [3.63, 3.8) is 0 Å². The second-order valence-electron chi connectivity index (χ2n) is 8.37. The molecule has 0 aromatic heterocycles. The molecule has 0 fully saturated rings. The van der Waals surface area contributed by atoms with Crippen molar-refractivity contribution in [3.8, 4) is 0 Å². The van der Waals surface area contributed by atoms with Crippen LogP contribution in [0.2, 0.25) is 0 Å². The van der Waals surface area contributed by atoms with Crippen molar-refractivity contribution < 1.29 is 4.79 Å². The molecule has 0 saturated heterocycles. The Balaban J connectivity index is 3.08. The third-order valence-corrected chi connectivity index (χ3v) is 3.40. The molecule has 1 nitrogen and oxygen atoms in total. The highest BCUT2D eigenvalue weighted by molar-refractivity contribution is 5.96. The zero-order valence-corrected chi connectivity index (χ0v) is 13.0. The Hall–Kier alpha value is -0.590. The van der Waals surface area contributed by atoms with E-state index in [1.807, 2.05) is 20.8 Å². The average Bonchev–Trinajstić information content (AvgIpc) is 2.71. The van der Waals surface area contributed by atoms with Gasteiger partial charge in [0.25, 0.3) is 0 Å². The topological polar surface area (TPSA) is 17.1 Å². The maximum Gasteiger partial charge on any atom is 0.149 e. The van der Waals surface area contributed by atoms with E-state index in [9.17, 15) is 4.79 Å². The Morgan fingerprint density at radius 3 is 1.24 bits per heavy atom. The van der Waals surface area contributed by atoms with Gasteiger partial charge in [0, 0.05) is 5.41 Å². The molecule has 1 aliphatic carbocycles. The predicted molar refractivity (Wildman–Crippen MR) is 73.9 cm³/mol. The zero-order chi connectivity index (χ0) is 13.8. The normalized spacial score (nSPS) is 18.6. The molecular formula is C16H28O. The highest BCUT2D eigenvalue weighted by Gasteiger charge is 2.53. The lowest BCUT2D eigenvalue weighted by Crippen LogP contribution is -2.26. The lowest BCUT2D eigenvalue weighted by Gasteiger charge is -2.22. The minimum atomic E-state index is -0.242. The van der Waals surface area contributed by atoms with Crippen LogP contribution in [0.5, 0.6) is 0 Å². The first-order chi connectivity index (χ1) is 7.28. The molecule has 0 N–H and O–H groups in total. The fourth-order valence-corrected chi connectivity index (χ4v) is 2.59. The van der Waals surface area contributed by atoms with Crippen molar-refractivity contribution in [2.45, 2.75) is 62.3 Å². The van der Waals surface area contributed by atoms with Gasteiger partial charge in [-0.15, -0.1) is 0 Å². The third-order valence-electron chi connectivity index (χ3n) is 3.40. The summed E-state index contributed by atoms with van der Waals surface area (Å²) in [4.78, 5) is 12.5. The molecule has 1 rings (SSSR count). The molecule has 0 radical (unpaired) electrons. The number of carbonyl (C=O) groups excluding carboxylic acids is 1. The van der Waals surface area contributed by atoms with Crippen LogP contribution in [-0.4, -0.2) is 5.78 Å². The van der Waals surface area contributed by atoms with E-state index in [2.05, 4.69) is 41.5 Å². The van der Waals surface area contributed by atoms with Gasteiger partial charge in [0.15, 0.2) is 0 Å². The molecule has 0 bridgehead atoms. The summed E-state index contributed by atoms with van der Waals surface area (Å²) in [5.41, 5.74) is 2.76. The van der Waals surface area contributed by atoms with Crippen LogP contribution in [-0.2, 0) is 4.79 Å². The Bertz CT molecular complexity index is 340. The van der Waals surface area contributed by atoms with Crippen LogP contribution >= 0.6 is 0 Å². The average molecular weight is 236 g/mol. The van der Waals surface area contributed by atoms with Gasteiger partial charge in [-0.05, 0) is 22.0 Å². The van der Waals surface area contributed by atoms with Gasteiger partial charge in [0.05, 0.1) is 5.92 Å². The summed E-state index contributed by atoms with van der Waals surface area (Å²) in [6, 6.07) is 0. The quantitative estimate of drug-likeness (QED) is 0.607. The maximum absolute atomic E-state index is 12.5. The maximum atomic E-state index is 12.5. The molecule has 17 heavy (non-hydrogen) atoms. The minimum absolute atomic E-state index is 0.106. The van der Waals surface area contributed by atoms with Gasteiger partial charge in [0.1, 0.15) is 5.78 Å². The van der Waals surface area contributed by atoms with Crippen LogP contribution in [0, 0.1) is 22.2 Å². The lowest BCUT2D eigenvalue weighted by molar-refractivity contribution is -0.127. The smallest absolute Gasteiger partial charge is 0.149 e. The van der Waals surface area contributed by atoms with Crippen molar-refractivity contribution in [1.82, 2.24) is 0 Å². The summed E-state index contributed by atoms with van der Waals surface area (Å²) in [7, 11) is 0. The van der Waals surface area contributed by atoms with Crippen molar-refractivity contribution in [1.29, 1.82) is 0 Å². The van der Waals surface area contributed by atoms with E-state index >= 15 is 0 Å². The largest absolute Gasteiger partial charge is 0.298 e. The predicted octanol–water partition coefficient (Wildman–Crippen LogP) is 4.62. The number of carbonyl (C=O) groups is 1. The van der Waals surface area contributed by atoms with Crippen molar-refractivity contribution >= 4 is 5.78 Å². The monoisotopic (exact) mass is 236 g/mol. The highest BCUT2D eigenvalue weighted by Crippen LogP contribution is 2.59. The van der Waals surface area contributed by atoms with Crippen LogP contribution in [0.25, 0.3) is 0 Å². The zero-order valence-electron chi connectivity index (χ0n) is 13.0. The molecule has 0 aromatic rings. The van der Waals surface area contributed by atoms with E-state index in [1.165, 1.54) is 11.1 Å². The summed E-state index contributed by atoms with van der Waals surface area (Å²) in [5, 5.41) is 0. The Morgan fingerprint density at radius 1 is 0.765 bits per heavy atom. The molecule has 0 amide bonds. The van der Waals surface area contributed by atoms with Crippen LogP contribution < -0.4 is 0 Å². The van der Waals surface area contributed by atoms with E-state index in [0.29, 0.717) is 5.78 Å². The van der Waals surface area contributed by atoms with Crippen molar-refractivity contribution in [3.05, 3.63) is 11.1 Å². The highest BCUT2D eigenvalue weighted by atomic mass is 16.1. The Labute approximate surface area is 107 Å². The number of ketones is 1. The fraction of sp³-hybridized carbons (Fsp3) is 0.812. The molecule has 0 saturated carbocycles. The van der Waals surface area contributed by atoms with E-state index in [1.54, 1.807) is 0 Å². The van der Waals surface area contributed by atoms with E-state index in [4.69, 9.17) is 0 Å². The van der Waals surface area contributed by atoms with Crippen LogP contribution in [0.15, 0.2) is 11.1 Å². The van der Waals surface area contributed by atoms with Crippen molar-refractivity contribution in [2.75, 3.05) is 0 Å². The van der Waals surface area contributed by atoms with E-state index < -0.39 is 0 Å². The summed E-state index contributed by atoms with van der Waals surface area (Å²) >= 11 is 0. The third kappa shape index (κ3) is 2.81. The van der Waals surface area contributed by atoms with Crippen LogP contribution in [0.3, 0.4) is 0 Å². The summed E-state index contributed by atoms with van der Waals surface area (Å²) in [6.45, 7) is 19.3. The van der Waals surface area contributed by atoms with Crippen molar-refractivity contribution in [2.24, 2.45) is 22.2 Å². The number of allylic oxidation sites excluding steroid dienone is 2. The molecule has 0 atom stereocenters. The molecule has 0 aromatic carbocycles. The Kier molecular flexibility index (Phi) is 3.15. The summed E-state index contributed by atoms with van der Waals surface area (Å²) in [5.74, 6) is 0.488. The fourth-order valence-electron chi connectivity index (χ4n) is 2.59. The molecule has 0 aliphatic heterocycles. The van der Waals surface area contributed by atoms with Gasteiger partial charge in [0.2, 0.25) is 0 Å². The molecule has 98 valence electrons. The lowest BCUT2D eigenvalue weighted by atomic mass is 9.81. The van der Waals surface area contributed by atoms with E-state index in [0.717, 1.165) is 0 Å². The summed E-state index contributed by atoms with van der Waals surface area (Å²) in [6.07, 6.45) is 0. The second-order valence-corrected chi connectivity index (χ2v) is 8.37. The molecule has 1 heteroatoms. The number of hydrogen-bond donors (Lipinski definition) is 0. The standard InChI is InChI=1S/C16H28O/c1-14(2,3)11-10(12(11)15(4,5)6)13(17)16(7,8)9/h10H,1-9H3. The SMILES string of the molecule is CC(C)(C)C(=O)C1C(C(C)(C)C)=C1C(C)(C)C. The van der Waals surface area contributed by atoms with Gasteiger partial charge in [-0.1, -0.05) is 62.3 Å². The second kappa shape index (κ2) is 3.70. The van der Waals surface area contributed by atoms with Gasteiger partial charge in [-0.3, -0.25) is 4.79 Å². The molecule has 0 heterocycles. The van der Waals surface area contributed by atoms with Crippen LogP contribution in [0.4, 0.5) is 0 Å². The first-order valence-corrected chi connectivity index (χ1v) is 6.57. The van der Waals surface area contributed by atoms with Gasteiger partial charge < -0.3 is 0 Å². The molecule has 0 spiro atoms. The molecule has 1 aliphatic rings. The van der Waals surface area contributed by atoms with Gasteiger partial charge >= 0.3 is 0 Å². The first-order valence-electron chi connectivity index (χ1n) is 6.57. The van der Waals surface area contributed by atoms with Gasteiger partial charge in [-0.25, -0.2) is 0 Å². The number of hydrogen-bond acceptors (Lipinski definition) is 1. The van der Waals surface area contributed by atoms with Crippen LogP contribution in [0.1, 0.15) is 62.3 Å². The van der Waals surface area contributed by atoms with Gasteiger partial charge in [-0.2, -0.15) is 0 Å². The summed E-state index contributed by atoms with van der Waals surface area (Å²) < 4.78 is 0.